The van der Waals surface area contributed by atoms with Gasteiger partial charge in [-0.2, -0.15) is 8.42 Å². The lowest BCUT2D eigenvalue weighted by atomic mass is 9.96. The Balaban J connectivity index is 1.77. The van der Waals surface area contributed by atoms with Gasteiger partial charge < -0.3 is 14.5 Å². The van der Waals surface area contributed by atoms with E-state index in [1.54, 1.807) is 4.90 Å². The van der Waals surface area contributed by atoms with Crippen molar-refractivity contribution in [3.63, 3.8) is 0 Å². The molecule has 116 valence electrons. The maximum atomic E-state index is 11.7. The number of hydrogen-bond acceptors (Lipinski definition) is 6. The fraction of sp³-hybridized carbons (Fsp3) is 0.917. The average Bonchev–Trinajstić information content (AvgIpc) is 2.70. The maximum absolute atomic E-state index is 11.7. The van der Waals surface area contributed by atoms with Crippen LogP contribution >= 0.6 is 0 Å². The van der Waals surface area contributed by atoms with E-state index in [-0.39, 0.29) is 12.7 Å². The summed E-state index contributed by atoms with van der Waals surface area (Å²) in [5.41, 5.74) is 0. The summed E-state index contributed by atoms with van der Waals surface area (Å²) >= 11 is 0. The molecule has 1 atom stereocenters. The third kappa shape index (κ3) is 4.60. The quantitative estimate of drug-likeness (QED) is 0.672. The Morgan fingerprint density at radius 1 is 1.35 bits per heavy atom. The minimum Gasteiger partial charge on any atom is -0.442 e. The Labute approximate surface area is 119 Å². The van der Waals surface area contributed by atoms with Gasteiger partial charge in [-0.3, -0.25) is 4.18 Å². The zero-order chi connectivity index (χ0) is 14.8. The van der Waals surface area contributed by atoms with Crippen LogP contribution in [0.3, 0.4) is 0 Å². The fourth-order valence-electron chi connectivity index (χ4n) is 2.57. The number of hydrogen-bond donors (Lipinski definition) is 0. The van der Waals surface area contributed by atoms with Gasteiger partial charge in [0.1, 0.15) is 12.7 Å². The molecule has 0 aromatic heterocycles. The van der Waals surface area contributed by atoms with Gasteiger partial charge >= 0.3 is 6.09 Å². The van der Waals surface area contributed by atoms with Crippen molar-refractivity contribution in [1.29, 1.82) is 0 Å². The van der Waals surface area contributed by atoms with Crippen molar-refractivity contribution in [2.45, 2.75) is 18.9 Å². The predicted molar refractivity (Wildman–Crippen MR) is 72.9 cm³/mol. The van der Waals surface area contributed by atoms with Crippen molar-refractivity contribution in [2.24, 2.45) is 5.92 Å². The van der Waals surface area contributed by atoms with Crippen LogP contribution in [0.2, 0.25) is 0 Å². The zero-order valence-corrected chi connectivity index (χ0v) is 12.8. The number of piperidine rings is 1. The maximum Gasteiger partial charge on any atom is 0.410 e. The van der Waals surface area contributed by atoms with E-state index < -0.39 is 16.2 Å². The molecule has 2 aliphatic heterocycles. The van der Waals surface area contributed by atoms with Gasteiger partial charge in [-0.05, 0) is 38.9 Å². The highest BCUT2D eigenvalue weighted by atomic mass is 32.2. The Morgan fingerprint density at radius 2 is 2.00 bits per heavy atom. The van der Waals surface area contributed by atoms with Gasteiger partial charge in [0, 0.05) is 6.54 Å². The van der Waals surface area contributed by atoms with Gasteiger partial charge in [0.2, 0.25) is 0 Å². The van der Waals surface area contributed by atoms with Crippen LogP contribution in [0.4, 0.5) is 4.79 Å². The number of cyclic esters (lactones) is 1. The van der Waals surface area contributed by atoms with E-state index in [1.807, 2.05) is 0 Å². The fourth-order valence-corrected chi connectivity index (χ4v) is 2.97. The van der Waals surface area contributed by atoms with Crippen molar-refractivity contribution in [3.05, 3.63) is 0 Å². The van der Waals surface area contributed by atoms with Gasteiger partial charge in [-0.15, -0.1) is 0 Å². The second-order valence-corrected chi connectivity index (χ2v) is 7.29. The van der Waals surface area contributed by atoms with Crippen molar-refractivity contribution >= 4 is 16.2 Å². The molecule has 0 aromatic carbocycles. The molecule has 7 nitrogen and oxygen atoms in total. The Hall–Kier alpha value is -0.860. The van der Waals surface area contributed by atoms with Gasteiger partial charge in [-0.25, -0.2) is 4.79 Å². The number of ether oxygens (including phenoxy) is 1. The van der Waals surface area contributed by atoms with Gasteiger partial charge in [0.25, 0.3) is 10.1 Å². The van der Waals surface area contributed by atoms with Crippen LogP contribution in [0.25, 0.3) is 0 Å². The van der Waals surface area contributed by atoms with Crippen LogP contribution in [-0.2, 0) is 19.0 Å². The molecule has 0 aliphatic carbocycles. The minimum absolute atomic E-state index is 0.103. The third-order valence-electron chi connectivity index (χ3n) is 3.73. The minimum atomic E-state index is -3.50. The summed E-state index contributed by atoms with van der Waals surface area (Å²) in [5.74, 6) is 0.494. The molecule has 2 saturated heterocycles. The number of likely N-dealkylation sites (tertiary alicyclic amines) is 1. The number of carbonyl (C=O) groups excluding carboxylic acids is 1. The first-order valence-corrected chi connectivity index (χ1v) is 8.63. The van der Waals surface area contributed by atoms with Crippen molar-refractivity contribution in [2.75, 3.05) is 46.1 Å². The first-order valence-electron chi connectivity index (χ1n) is 6.82. The highest BCUT2D eigenvalue weighted by molar-refractivity contribution is 7.85. The monoisotopic (exact) mass is 306 g/mol. The predicted octanol–water partition coefficient (Wildman–Crippen LogP) is 0.125. The molecule has 2 rings (SSSR count). The normalized spacial score (nSPS) is 26.0. The molecule has 2 fully saturated rings. The van der Waals surface area contributed by atoms with Gasteiger partial charge in [0.05, 0.1) is 12.8 Å². The second-order valence-electron chi connectivity index (χ2n) is 5.65. The molecule has 0 spiro atoms. The summed E-state index contributed by atoms with van der Waals surface area (Å²) in [7, 11) is -1.40. The SMILES string of the molecule is CN1CCC(CN2CC(COS(C)(=O)=O)OC2=O)CC1. The molecule has 2 aliphatic rings. The topological polar surface area (TPSA) is 76.2 Å². The Morgan fingerprint density at radius 3 is 2.60 bits per heavy atom. The lowest BCUT2D eigenvalue weighted by Gasteiger charge is -2.30. The van der Waals surface area contributed by atoms with Crippen molar-refractivity contribution in [1.82, 2.24) is 9.80 Å². The van der Waals surface area contributed by atoms with Gasteiger partial charge in [-0.1, -0.05) is 0 Å². The molecule has 2 heterocycles. The van der Waals surface area contributed by atoms with Crippen LogP contribution < -0.4 is 0 Å². The van der Waals surface area contributed by atoms with E-state index in [1.165, 1.54) is 0 Å². The molecule has 1 unspecified atom stereocenters. The third-order valence-corrected chi connectivity index (χ3v) is 4.30. The summed E-state index contributed by atoms with van der Waals surface area (Å²) in [6, 6.07) is 0. The smallest absolute Gasteiger partial charge is 0.410 e. The Bertz CT molecular complexity index is 445. The Kier molecular flexibility index (Phi) is 4.87. The van der Waals surface area contributed by atoms with Crippen LogP contribution in [0.1, 0.15) is 12.8 Å². The summed E-state index contributed by atoms with van der Waals surface area (Å²) in [6.07, 6.45) is 2.27. The molecule has 0 N–H and O–H groups in total. The van der Waals surface area contributed by atoms with Gasteiger partial charge in [0.15, 0.2) is 0 Å². The summed E-state index contributed by atoms with van der Waals surface area (Å²) < 4.78 is 31.6. The summed E-state index contributed by atoms with van der Waals surface area (Å²) in [6.45, 7) is 3.08. The first-order chi connectivity index (χ1) is 9.33. The lowest BCUT2D eigenvalue weighted by Crippen LogP contribution is -2.37. The number of amides is 1. The van der Waals surface area contributed by atoms with E-state index in [4.69, 9.17) is 4.74 Å². The number of rotatable bonds is 5. The van der Waals surface area contributed by atoms with Crippen molar-refractivity contribution < 1.29 is 22.1 Å². The van der Waals surface area contributed by atoms with Crippen LogP contribution in [0.5, 0.6) is 0 Å². The molecule has 0 bridgehead atoms. The average molecular weight is 306 g/mol. The lowest BCUT2D eigenvalue weighted by molar-refractivity contribution is 0.103. The molecule has 0 radical (unpaired) electrons. The zero-order valence-electron chi connectivity index (χ0n) is 11.9. The molecule has 0 saturated carbocycles. The molecule has 8 heteroatoms. The van der Waals surface area contributed by atoms with E-state index in [0.29, 0.717) is 19.0 Å². The van der Waals surface area contributed by atoms with E-state index >= 15 is 0 Å². The molecular formula is C12H22N2O5S. The largest absolute Gasteiger partial charge is 0.442 e. The molecular weight excluding hydrogens is 284 g/mol. The second kappa shape index (κ2) is 6.28. The molecule has 20 heavy (non-hydrogen) atoms. The van der Waals surface area contributed by atoms with Crippen LogP contribution in [-0.4, -0.2) is 76.5 Å². The van der Waals surface area contributed by atoms with Crippen LogP contribution in [0.15, 0.2) is 0 Å². The summed E-state index contributed by atoms with van der Waals surface area (Å²) in [4.78, 5) is 15.7. The summed E-state index contributed by atoms with van der Waals surface area (Å²) in [5, 5.41) is 0. The van der Waals surface area contributed by atoms with Crippen molar-refractivity contribution in [3.8, 4) is 0 Å². The number of nitrogens with zero attached hydrogens (tertiary/aromatic N) is 2. The van der Waals surface area contributed by atoms with E-state index in [9.17, 15) is 13.2 Å². The molecule has 0 aromatic rings. The van der Waals surface area contributed by atoms with E-state index in [0.717, 1.165) is 32.2 Å². The molecule has 1 amide bonds. The van der Waals surface area contributed by atoms with E-state index in [2.05, 4.69) is 16.1 Å². The standard InChI is InChI=1S/C12H22N2O5S/c1-13-5-3-10(4-6-13)7-14-8-11(19-12(14)15)9-18-20(2,16)17/h10-11H,3-9H2,1-2H3. The van der Waals surface area contributed by atoms with Crippen LogP contribution in [0, 0.1) is 5.92 Å². The highest BCUT2D eigenvalue weighted by Gasteiger charge is 2.34. The first kappa shape index (κ1) is 15.5. The highest BCUT2D eigenvalue weighted by Crippen LogP contribution is 2.21. The number of carbonyl (C=O) groups is 1.